The molecular formula is C24H36N6O4S. The number of sulfonamides is 1. The van der Waals surface area contributed by atoms with E-state index in [1.165, 1.54) is 4.31 Å². The van der Waals surface area contributed by atoms with E-state index in [4.69, 9.17) is 4.74 Å². The molecule has 35 heavy (non-hydrogen) atoms. The summed E-state index contributed by atoms with van der Waals surface area (Å²) in [6, 6.07) is 8.85. The number of fused-ring (bicyclic) bond motifs is 1. The van der Waals surface area contributed by atoms with Crippen LogP contribution in [0.1, 0.15) is 46.5 Å². The summed E-state index contributed by atoms with van der Waals surface area (Å²) in [5.74, 6) is -0.403. The zero-order valence-corrected chi connectivity index (χ0v) is 21.7. The van der Waals surface area contributed by atoms with Crippen LogP contribution >= 0.6 is 0 Å². The Morgan fingerprint density at radius 2 is 2.03 bits per heavy atom. The van der Waals surface area contributed by atoms with Gasteiger partial charge in [0.1, 0.15) is 6.17 Å². The van der Waals surface area contributed by atoms with E-state index in [2.05, 4.69) is 27.1 Å². The van der Waals surface area contributed by atoms with Crippen LogP contribution < -0.4 is 16.1 Å². The van der Waals surface area contributed by atoms with Gasteiger partial charge in [-0.3, -0.25) is 4.79 Å². The molecule has 0 radical (unpaired) electrons. The molecule has 0 bridgehead atoms. The van der Waals surface area contributed by atoms with Gasteiger partial charge in [-0.2, -0.15) is 9.57 Å². The largest absolute Gasteiger partial charge is 0.379 e. The summed E-state index contributed by atoms with van der Waals surface area (Å²) in [5, 5.41) is 18.0. The predicted octanol–water partition coefficient (Wildman–Crippen LogP) is 1.63. The Labute approximate surface area is 208 Å². The Kier molecular flexibility index (Phi) is 7.14. The van der Waals surface area contributed by atoms with E-state index in [9.17, 15) is 18.5 Å². The van der Waals surface area contributed by atoms with Crippen molar-refractivity contribution < 1.29 is 17.9 Å². The number of hydrogen-bond donors (Lipinski definition) is 3. The molecule has 0 saturated carbocycles. The quantitative estimate of drug-likeness (QED) is 0.534. The van der Waals surface area contributed by atoms with E-state index in [0.29, 0.717) is 31.9 Å². The molecule has 3 saturated heterocycles. The van der Waals surface area contributed by atoms with Crippen LogP contribution in [-0.2, 0) is 19.6 Å². The van der Waals surface area contributed by atoms with Crippen LogP contribution in [0.2, 0.25) is 0 Å². The molecule has 0 aromatic heterocycles. The number of nitriles is 1. The third-order valence-electron chi connectivity index (χ3n) is 7.43. The van der Waals surface area contributed by atoms with Gasteiger partial charge in [0, 0.05) is 37.5 Å². The highest BCUT2D eigenvalue weighted by atomic mass is 32.2. The zero-order chi connectivity index (χ0) is 25.4. The maximum atomic E-state index is 13.0. The van der Waals surface area contributed by atoms with Crippen molar-refractivity contribution in [2.45, 2.75) is 74.6 Å². The lowest BCUT2D eigenvalue weighted by atomic mass is 9.84. The average molecular weight is 505 g/mol. The smallest absolute Gasteiger partial charge is 0.243 e. The minimum absolute atomic E-state index is 0.0383. The van der Waals surface area contributed by atoms with E-state index in [1.807, 2.05) is 20.8 Å². The van der Waals surface area contributed by atoms with Crippen LogP contribution in [0.5, 0.6) is 0 Å². The molecule has 3 fully saturated rings. The number of hydrazine groups is 1. The van der Waals surface area contributed by atoms with Crippen LogP contribution in [-0.4, -0.2) is 73.7 Å². The van der Waals surface area contributed by atoms with E-state index in [0.717, 1.165) is 19.3 Å². The number of piperidine rings is 1. The summed E-state index contributed by atoms with van der Waals surface area (Å²) in [6.45, 7) is 7.25. The number of nitrogens with zero attached hydrogens (tertiary/aromatic N) is 3. The van der Waals surface area contributed by atoms with Gasteiger partial charge in [-0.05, 0) is 64.3 Å². The highest BCUT2D eigenvalue weighted by Crippen LogP contribution is 2.39. The molecule has 0 spiro atoms. The fraction of sp³-hybridized carbons (Fsp3) is 0.667. The number of carbonyl (C=O) groups excluding carboxylic acids is 1. The number of carbonyl (C=O) groups is 1. The van der Waals surface area contributed by atoms with E-state index >= 15 is 0 Å². The van der Waals surface area contributed by atoms with Gasteiger partial charge in [0.05, 0.1) is 35.4 Å². The third kappa shape index (κ3) is 4.90. The molecule has 4 atom stereocenters. The maximum absolute atomic E-state index is 13.0. The SMILES string of the molecule is CN(C(C)(C)C)S(=O)(=O)c1ccc(NC2NN([C@]3(CC#N)CCCOC3)C3CCNC(=O)C23)cc1. The van der Waals surface area contributed by atoms with Crippen molar-refractivity contribution in [1.29, 1.82) is 5.26 Å². The summed E-state index contributed by atoms with van der Waals surface area (Å²) >= 11 is 0. The van der Waals surface area contributed by atoms with Crippen molar-refractivity contribution in [1.82, 2.24) is 20.1 Å². The molecule has 1 aromatic carbocycles. The van der Waals surface area contributed by atoms with Crippen LogP contribution in [0, 0.1) is 17.2 Å². The van der Waals surface area contributed by atoms with Gasteiger partial charge in [-0.1, -0.05) is 0 Å². The van der Waals surface area contributed by atoms with Crippen LogP contribution in [0.3, 0.4) is 0 Å². The van der Waals surface area contributed by atoms with Crippen molar-refractivity contribution in [3.8, 4) is 6.07 Å². The number of nitrogens with one attached hydrogen (secondary N) is 3. The lowest BCUT2D eigenvalue weighted by Gasteiger charge is -2.46. The highest BCUT2D eigenvalue weighted by Gasteiger charge is 2.54. The van der Waals surface area contributed by atoms with Crippen LogP contribution in [0.15, 0.2) is 29.2 Å². The number of amides is 1. The number of ether oxygens (including phenoxy) is 1. The third-order valence-corrected chi connectivity index (χ3v) is 9.56. The minimum Gasteiger partial charge on any atom is -0.379 e. The van der Waals surface area contributed by atoms with Gasteiger partial charge >= 0.3 is 0 Å². The van der Waals surface area contributed by atoms with Crippen molar-refractivity contribution in [3.63, 3.8) is 0 Å². The second kappa shape index (κ2) is 9.67. The van der Waals surface area contributed by atoms with E-state index in [1.54, 1.807) is 31.3 Å². The Balaban J connectivity index is 1.57. The summed E-state index contributed by atoms with van der Waals surface area (Å²) in [4.78, 5) is 13.1. The van der Waals surface area contributed by atoms with Crippen LogP contribution in [0.4, 0.5) is 5.69 Å². The Hall–Kier alpha value is -2.23. The lowest BCUT2D eigenvalue weighted by Crippen LogP contribution is -2.61. The highest BCUT2D eigenvalue weighted by molar-refractivity contribution is 7.89. The van der Waals surface area contributed by atoms with Crippen LogP contribution in [0.25, 0.3) is 0 Å². The number of anilines is 1. The predicted molar refractivity (Wildman–Crippen MR) is 131 cm³/mol. The Morgan fingerprint density at radius 1 is 1.31 bits per heavy atom. The maximum Gasteiger partial charge on any atom is 0.243 e. The Bertz CT molecular complexity index is 1070. The van der Waals surface area contributed by atoms with Crippen molar-refractivity contribution in [2.24, 2.45) is 5.92 Å². The zero-order valence-electron chi connectivity index (χ0n) is 20.9. The summed E-state index contributed by atoms with van der Waals surface area (Å²) in [7, 11) is -2.06. The fourth-order valence-corrected chi connectivity index (χ4v) is 6.75. The molecule has 1 aromatic rings. The monoisotopic (exact) mass is 504 g/mol. The minimum atomic E-state index is -3.63. The summed E-state index contributed by atoms with van der Waals surface area (Å²) < 4.78 is 33.1. The molecule has 11 heteroatoms. The van der Waals surface area contributed by atoms with Gasteiger partial charge in [-0.25, -0.2) is 18.9 Å². The Morgan fingerprint density at radius 3 is 2.63 bits per heavy atom. The second-order valence-corrected chi connectivity index (χ2v) is 12.6. The van der Waals surface area contributed by atoms with Crippen molar-refractivity contribution in [3.05, 3.63) is 24.3 Å². The molecular weight excluding hydrogens is 468 g/mol. The van der Waals surface area contributed by atoms with Gasteiger partial charge < -0.3 is 15.4 Å². The topological polar surface area (TPSA) is 127 Å². The molecule has 3 aliphatic rings. The van der Waals surface area contributed by atoms with Crippen molar-refractivity contribution >= 4 is 21.6 Å². The van der Waals surface area contributed by atoms with Gasteiger partial charge in [0.2, 0.25) is 15.9 Å². The molecule has 3 unspecified atom stereocenters. The lowest BCUT2D eigenvalue weighted by molar-refractivity contribution is -0.130. The molecule has 3 N–H and O–H groups in total. The standard InChI is InChI=1S/C24H36N6O4S/c1-23(2,3)29(4)35(32,33)18-8-6-17(7-9-18)27-21-20-19(10-14-26-22(20)31)30(28-21)24(12-13-25)11-5-15-34-16-24/h6-9,19-21,27-28H,5,10-12,14-16H2,1-4H3,(H,26,31)/t19?,20?,21?,24-/m0/s1. The average Bonchev–Trinajstić information content (AvgIpc) is 3.19. The molecule has 0 aliphatic carbocycles. The number of hydrogen-bond acceptors (Lipinski definition) is 8. The number of rotatable bonds is 6. The van der Waals surface area contributed by atoms with E-state index < -0.39 is 27.3 Å². The molecule has 3 aliphatic heterocycles. The summed E-state index contributed by atoms with van der Waals surface area (Å²) in [5.41, 5.74) is 3.17. The van der Waals surface area contributed by atoms with Gasteiger partial charge in [0.15, 0.2) is 0 Å². The fourth-order valence-electron chi connectivity index (χ4n) is 5.24. The van der Waals surface area contributed by atoms with Gasteiger partial charge in [0.25, 0.3) is 0 Å². The molecule has 1 amide bonds. The first-order valence-corrected chi connectivity index (χ1v) is 13.6. The first kappa shape index (κ1) is 25.9. The molecule has 192 valence electrons. The van der Waals surface area contributed by atoms with Crippen molar-refractivity contribution in [2.75, 3.05) is 32.1 Å². The molecule has 4 rings (SSSR count). The van der Waals surface area contributed by atoms with E-state index in [-0.39, 0.29) is 22.8 Å². The number of benzene rings is 1. The molecule has 10 nitrogen and oxygen atoms in total. The normalized spacial score (nSPS) is 29.9. The first-order valence-electron chi connectivity index (χ1n) is 12.1. The van der Waals surface area contributed by atoms with Gasteiger partial charge in [-0.15, -0.1) is 0 Å². The second-order valence-electron chi connectivity index (χ2n) is 10.7. The molecule has 3 heterocycles. The summed E-state index contributed by atoms with van der Waals surface area (Å²) in [6.07, 6.45) is 2.35. The first-order chi connectivity index (χ1) is 16.5.